The van der Waals surface area contributed by atoms with Crippen molar-refractivity contribution >= 4 is 16.8 Å². The van der Waals surface area contributed by atoms with Crippen LogP contribution in [0.5, 0.6) is 0 Å². The van der Waals surface area contributed by atoms with Crippen molar-refractivity contribution in [3.63, 3.8) is 0 Å². The van der Waals surface area contributed by atoms with E-state index in [4.69, 9.17) is 9.47 Å². The lowest BCUT2D eigenvalue weighted by Gasteiger charge is -2.24. The molecule has 1 N–H and O–H groups in total. The summed E-state index contributed by atoms with van der Waals surface area (Å²) in [4.78, 5) is 11.3. The SMILES string of the molecule is CC(=O)NCc1ccc2c(-c3cccc(C4CO4)c3)cn(C3CCOCC3)c2c1. The molecule has 0 radical (unpaired) electrons. The van der Waals surface area contributed by atoms with Crippen LogP contribution in [0.25, 0.3) is 22.0 Å². The number of ether oxygens (including phenoxy) is 2. The smallest absolute Gasteiger partial charge is 0.217 e. The van der Waals surface area contributed by atoms with Gasteiger partial charge in [-0.2, -0.15) is 0 Å². The van der Waals surface area contributed by atoms with Crippen LogP contribution in [0.2, 0.25) is 0 Å². The summed E-state index contributed by atoms with van der Waals surface area (Å²) in [7, 11) is 0. The Morgan fingerprint density at radius 2 is 2.00 bits per heavy atom. The number of nitrogens with one attached hydrogen (secondary N) is 1. The monoisotopic (exact) mass is 390 g/mol. The number of hydrogen-bond donors (Lipinski definition) is 1. The number of carbonyl (C=O) groups excluding carboxylic acids is 1. The highest BCUT2D eigenvalue weighted by Gasteiger charge is 2.25. The maximum atomic E-state index is 11.3. The fourth-order valence-corrected chi connectivity index (χ4v) is 4.28. The molecule has 1 amide bonds. The van der Waals surface area contributed by atoms with Gasteiger partial charge in [-0.05, 0) is 41.7 Å². The molecule has 3 aromatic rings. The molecule has 5 nitrogen and oxygen atoms in total. The predicted molar refractivity (Wildman–Crippen MR) is 113 cm³/mol. The molecule has 2 aliphatic rings. The van der Waals surface area contributed by atoms with E-state index in [9.17, 15) is 4.79 Å². The summed E-state index contributed by atoms with van der Waals surface area (Å²) in [5, 5.41) is 4.16. The van der Waals surface area contributed by atoms with Crippen LogP contribution in [0.15, 0.2) is 48.7 Å². The van der Waals surface area contributed by atoms with Crippen LogP contribution in [0.3, 0.4) is 0 Å². The average Bonchev–Trinajstić information content (AvgIpc) is 3.54. The topological polar surface area (TPSA) is 55.8 Å². The minimum atomic E-state index is -0.00953. The molecule has 5 rings (SSSR count). The number of nitrogens with zero attached hydrogens (tertiary/aromatic N) is 1. The van der Waals surface area contributed by atoms with Crippen molar-refractivity contribution in [3.8, 4) is 11.1 Å². The van der Waals surface area contributed by atoms with E-state index in [-0.39, 0.29) is 12.0 Å². The first-order chi connectivity index (χ1) is 14.2. The van der Waals surface area contributed by atoms with E-state index in [2.05, 4.69) is 58.5 Å². The van der Waals surface area contributed by atoms with Gasteiger partial charge in [-0.15, -0.1) is 0 Å². The highest BCUT2D eigenvalue weighted by molar-refractivity contribution is 5.96. The largest absolute Gasteiger partial charge is 0.381 e. The van der Waals surface area contributed by atoms with E-state index in [0.29, 0.717) is 12.6 Å². The van der Waals surface area contributed by atoms with Crippen LogP contribution in [0, 0.1) is 0 Å². The molecular weight excluding hydrogens is 364 g/mol. The van der Waals surface area contributed by atoms with Gasteiger partial charge in [0, 0.05) is 55.4 Å². The normalized spacial score (nSPS) is 19.4. The molecule has 3 heterocycles. The van der Waals surface area contributed by atoms with Gasteiger partial charge < -0.3 is 19.4 Å². The molecule has 29 heavy (non-hydrogen) atoms. The third-order valence-corrected chi connectivity index (χ3v) is 5.93. The van der Waals surface area contributed by atoms with Crippen molar-refractivity contribution in [3.05, 3.63) is 59.8 Å². The number of rotatable bonds is 5. The number of hydrogen-bond acceptors (Lipinski definition) is 3. The molecule has 5 heteroatoms. The first kappa shape index (κ1) is 18.4. The van der Waals surface area contributed by atoms with Crippen molar-refractivity contribution in [2.75, 3.05) is 19.8 Å². The van der Waals surface area contributed by atoms with E-state index >= 15 is 0 Å². The second-order valence-electron chi connectivity index (χ2n) is 8.00. The van der Waals surface area contributed by atoms with E-state index in [0.717, 1.165) is 38.2 Å². The van der Waals surface area contributed by atoms with Crippen LogP contribution < -0.4 is 5.32 Å². The van der Waals surface area contributed by atoms with Gasteiger partial charge in [0.15, 0.2) is 0 Å². The summed E-state index contributed by atoms with van der Waals surface area (Å²) in [5.74, 6) is -0.00953. The quantitative estimate of drug-likeness (QED) is 0.658. The van der Waals surface area contributed by atoms with E-state index in [1.54, 1.807) is 6.92 Å². The Labute approximate surface area is 170 Å². The maximum Gasteiger partial charge on any atom is 0.217 e. The number of fused-ring (bicyclic) bond motifs is 1. The van der Waals surface area contributed by atoms with Crippen LogP contribution in [-0.4, -0.2) is 30.3 Å². The Hall–Kier alpha value is -2.63. The Bertz CT molecular complexity index is 1050. The number of benzene rings is 2. The highest BCUT2D eigenvalue weighted by Crippen LogP contribution is 2.38. The summed E-state index contributed by atoms with van der Waals surface area (Å²) in [6.45, 7) is 4.53. The van der Waals surface area contributed by atoms with Crippen LogP contribution in [0.1, 0.15) is 43.0 Å². The van der Waals surface area contributed by atoms with Gasteiger partial charge in [-0.3, -0.25) is 4.79 Å². The second kappa shape index (κ2) is 7.65. The average molecular weight is 390 g/mol. The van der Waals surface area contributed by atoms with Gasteiger partial charge in [0.05, 0.1) is 6.61 Å². The molecule has 0 saturated carbocycles. The van der Waals surface area contributed by atoms with Crippen molar-refractivity contribution < 1.29 is 14.3 Å². The van der Waals surface area contributed by atoms with E-state index in [1.165, 1.54) is 27.6 Å². The highest BCUT2D eigenvalue weighted by atomic mass is 16.6. The predicted octanol–water partition coefficient (Wildman–Crippen LogP) is 4.37. The van der Waals surface area contributed by atoms with Crippen LogP contribution in [0.4, 0.5) is 0 Å². The summed E-state index contributed by atoms with van der Waals surface area (Å²) in [6, 6.07) is 15.7. The number of amides is 1. The molecule has 0 aliphatic carbocycles. The Morgan fingerprint density at radius 1 is 1.17 bits per heavy atom. The van der Waals surface area contributed by atoms with E-state index in [1.807, 2.05) is 0 Å². The third-order valence-electron chi connectivity index (χ3n) is 5.93. The molecule has 2 fully saturated rings. The van der Waals surface area contributed by atoms with E-state index < -0.39 is 0 Å². The Morgan fingerprint density at radius 3 is 2.76 bits per heavy atom. The molecule has 0 spiro atoms. The van der Waals surface area contributed by atoms with Gasteiger partial charge in [0.1, 0.15) is 6.10 Å². The number of carbonyl (C=O) groups is 1. The first-order valence-corrected chi connectivity index (χ1v) is 10.4. The maximum absolute atomic E-state index is 11.3. The molecule has 2 saturated heterocycles. The standard InChI is InChI=1S/C24H26N2O3/c1-16(27)25-13-17-5-6-21-22(18-3-2-4-19(12-18)24-15-29-24)14-26(23(21)11-17)20-7-9-28-10-8-20/h2-6,11-12,14,20,24H,7-10,13,15H2,1H3,(H,25,27). The Balaban J connectivity index is 1.59. The molecule has 1 unspecified atom stereocenters. The Kier molecular flexibility index (Phi) is 4.86. The molecule has 1 atom stereocenters. The van der Waals surface area contributed by atoms with Gasteiger partial charge in [-0.1, -0.05) is 30.3 Å². The molecular formula is C24H26N2O3. The van der Waals surface area contributed by atoms with Crippen LogP contribution >= 0.6 is 0 Å². The summed E-state index contributed by atoms with van der Waals surface area (Å²) in [5.41, 5.74) is 6.06. The fraction of sp³-hybridized carbons (Fsp3) is 0.375. The second-order valence-corrected chi connectivity index (χ2v) is 8.00. The lowest BCUT2D eigenvalue weighted by molar-refractivity contribution is -0.119. The zero-order valence-corrected chi connectivity index (χ0v) is 16.7. The zero-order chi connectivity index (χ0) is 19.8. The molecule has 1 aromatic heterocycles. The van der Waals surface area contributed by atoms with Crippen molar-refractivity contribution in [1.29, 1.82) is 0 Å². The fourth-order valence-electron chi connectivity index (χ4n) is 4.28. The van der Waals surface area contributed by atoms with Gasteiger partial charge in [0.25, 0.3) is 0 Å². The molecule has 2 aliphatic heterocycles. The van der Waals surface area contributed by atoms with Crippen molar-refractivity contribution in [1.82, 2.24) is 9.88 Å². The summed E-state index contributed by atoms with van der Waals surface area (Å²) in [6.07, 6.45) is 4.60. The summed E-state index contributed by atoms with van der Waals surface area (Å²) >= 11 is 0. The minimum absolute atomic E-state index is 0.00953. The molecule has 150 valence electrons. The first-order valence-electron chi connectivity index (χ1n) is 10.4. The molecule has 2 aromatic carbocycles. The number of epoxide rings is 1. The van der Waals surface area contributed by atoms with Gasteiger partial charge in [0.2, 0.25) is 5.91 Å². The van der Waals surface area contributed by atoms with Crippen molar-refractivity contribution in [2.45, 2.75) is 38.5 Å². The third kappa shape index (κ3) is 3.80. The number of aromatic nitrogens is 1. The lowest BCUT2D eigenvalue weighted by atomic mass is 10.0. The minimum Gasteiger partial charge on any atom is -0.381 e. The van der Waals surface area contributed by atoms with Crippen LogP contribution in [-0.2, 0) is 20.8 Å². The molecule has 0 bridgehead atoms. The lowest BCUT2D eigenvalue weighted by Crippen LogP contribution is -2.20. The zero-order valence-electron chi connectivity index (χ0n) is 16.7. The van der Waals surface area contributed by atoms with Crippen molar-refractivity contribution in [2.24, 2.45) is 0 Å². The summed E-state index contributed by atoms with van der Waals surface area (Å²) < 4.78 is 13.5. The van der Waals surface area contributed by atoms with Gasteiger partial charge in [-0.25, -0.2) is 0 Å². The van der Waals surface area contributed by atoms with Gasteiger partial charge >= 0.3 is 0 Å².